The number of sulfonamides is 1. The third-order valence-corrected chi connectivity index (χ3v) is 4.57. The van der Waals surface area contributed by atoms with Crippen molar-refractivity contribution in [1.82, 2.24) is 5.32 Å². The average molecular weight is 381 g/mol. The fourth-order valence-corrected chi connectivity index (χ4v) is 2.69. The fourth-order valence-electron chi connectivity index (χ4n) is 1.43. The van der Waals surface area contributed by atoms with Gasteiger partial charge in [0.1, 0.15) is 4.90 Å². The molecular formula is C13H18BrFN2O3S. The van der Waals surface area contributed by atoms with E-state index in [4.69, 9.17) is 5.14 Å². The Labute approximate surface area is 132 Å². The largest absolute Gasteiger partial charge is 0.349 e. The van der Waals surface area contributed by atoms with Crippen LogP contribution in [-0.2, 0) is 10.0 Å². The number of benzene rings is 1. The van der Waals surface area contributed by atoms with Crippen molar-refractivity contribution in [1.29, 1.82) is 0 Å². The van der Waals surface area contributed by atoms with Crippen LogP contribution in [0.3, 0.4) is 0 Å². The highest BCUT2D eigenvalue weighted by Gasteiger charge is 2.26. The molecule has 0 heterocycles. The topological polar surface area (TPSA) is 89.3 Å². The van der Waals surface area contributed by atoms with Crippen molar-refractivity contribution in [2.75, 3.05) is 0 Å². The van der Waals surface area contributed by atoms with Gasteiger partial charge in [-0.05, 0) is 24.5 Å². The second-order valence-corrected chi connectivity index (χ2v) is 8.32. The summed E-state index contributed by atoms with van der Waals surface area (Å²) < 4.78 is 37.2. The zero-order valence-electron chi connectivity index (χ0n) is 12.2. The quantitative estimate of drug-likeness (QED) is 0.843. The average Bonchev–Trinajstić information content (AvgIpc) is 2.28. The maximum Gasteiger partial charge on any atom is 0.254 e. The molecule has 0 aliphatic heterocycles. The Morgan fingerprint density at radius 2 is 1.90 bits per heavy atom. The van der Waals surface area contributed by atoms with Crippen LogP contribution >= 0.6 is 15.9 Å². The lowest BCUT2D eigenvalue weighted by atomic mass is 9.88. The first-order chi connectivity index (χ1) is 9.34. The number of nitrogens with one attached hydrogen (secondary N) is 1. The molecule has 0 saturated heterocycles. The molecule has 0 radical (unpaired) electrons. The van der Waals surface area contributed by atoms with E-state index in [-0.39, 0.29) is 21.5 Å². The number of carbonyl (C=O) groups is 1. The molecule has 0 saturated carbocycles. The van der Waals surface area contributed by atoms with E-state index in [0.29, 0.717) is 0 Å². The third kappa shape index (κ3) is 4.49. The van der Waals surface area contributed by atoms with Crippen LogP contribution in [0.2, 0.25) is 0 Å². The molecule has 8 heteroatoms. The first-order valence-electron chi connectivity index (χ1n) is 6.16. The number of primary sulfonamides is 1. The summed E-state index contributed by atoms with van der Waals surface area (Å²) in [6.45, 7) is 7.55. The number of amides is 1. The van der Waals surface area contributed by atoms with Gasteiger partial charge in [0.25, 0.3) is 5.91 Å². The van der Waals surface area contributed by atoms with Crippen molar-refractivity contribution in [2.24, 2.45) is 10.6 Å². The van der Waals surface area contributed by atoms with Crippen molar-refractivity contribution < 1.29 is 17.6 Å². The maximum absolute atomic E-state index is 14.2. The van der Waals surface area contributed by atoms with Crippen molar-refractivity contribution >= 4 is 31.9 Å². The first-order valence-corrected chi connectivity index (χ1v) is 8.50. The first kappa shape index (κ1) is 18.1. The highest BCUT2D eigenvalue weighted by atomic mass is 79.9. The molecular weight excluding hydrogens is 363 g/mol. The van der Waals surface area contributed by atoms with E-state index in [1.54, 1.807) is 6.92 Å². The van der Waals surface area contributed by atoms with Gasteiger partial charge in [0.2, 0.25) is 10.0 Å². The Kier molecular flexibility index (Phi) is 5.18. The van der Waals surface area contributed by atoms with E-state index in [0.717, 1.165) is 6.07 Å². The molecule has 0 aliphatic rings. The Bertz CT molecular complexity index is 669. The van der Waals surface area contributed by atoms with Crippen LogP contribution in [0.4, 0.5) is 4.39 Å². The summed E-state index contributed by atoms with van der Waals surface area (Å²) in [6.07, 6.45) is 0. The Hall–Kier alpha value is -0.990. The summed E-state index contributed by atoms with van der Waals surface area (Å²) in [5.41, 5.74) is -0.592. The van der Waals surface area contributed by atoms with Crippen molar-refractivity contribution in [3.05, 3.63) is 28.0 Å². The lowest BCUT2D eigenvalue weighted by Gasteiger charge is -2.28. The van der Waals surface area contributed by atoms with Gasteiger partial charge in [0.05, 0.1) is 5.56 Å². The van der Waals surface area contributed by atoms with Gasteiger partial charge in [0, 0.05) is 10.5 Å². The zero-order valence-corrected chi connectivity index (χ0v) is 14.6. The number of hydrogen-bond acceptors (Lipinski definition) is 3. The van der Waals surface area contributed by atoms with Crippen molar-refractivity contribution in [2.45, 2.75) is 38.6 Å². The van der Waals surface area contributed by atoms with Crippen LogP contribution in [0.25, 0.3) is 0 Å². The molecule has 0 fully saturated rings. The Morgan fingerprint density at radius 3 is 2.33 bits per heavy atom. The molecule has 1 aromatic carbocycles. The number of carbonyl (C=O) groups excluding carboxylic acids is 1. The molecule has 1 amide bonds. The second kappa shape index (κ2) is 6.02. The minimum atomic E-state index is -4.25. The normalized spacial score (nSPS) is 13.9. The van der Waals surface area contributed by atoms with Crippen LogP contribution in [0, 0.1) is 11.2 Å². The van der Waals surface area contributed by atoms with Gasteiger partial charge < -0.3 is 5.32 Å². The van der Waals surface area contributed by atoms with E-state index < -0.39 is 26.6 Å². The van der Waals surface area contributed by atoms with Gasteiger partial charge in [-0.3, -0.25) is 4.79 Å². The molecule has 21 heavy (non-hydrogen) atoms. The van der Waals surface area contributed by atoms with Crippen LogP contribution in [0.5, 0.6) is 0 Å². The molecule has 1 unspecified atom stereocenters. The molecule has 5 nitrogen and oxygen atoms in total. The molecule has 0 aromatic heterocycles. The predicted octanol–water partition coefficient (Wildman–Crippen LogP) is 2.40. The highest BCUT2D eigenvalue weighted by molar-refractivity contribution is 9.10. The van der Waals surface area contributed by atoms with E-state index >= 15 is 0 Å². The minimum absolute atomic E-state index is 0.221. The highest BCUT2D eigenvalue weighted by Crippen LogP contribution is 2.24. The van der Waals surface area contributed by atoms with E-state index in [1.165, 1.54) is 6.07 Å². The van der Waals surface area contributed by atoms with Gasteiger partial charge in [-0.1, -0.05) is 36.7 Å². The summed E-state index contributed by atoms with van der Waals surface area (Å²) in [7, 11) is -4.25. The van der Waals surface area contributed by atoms with E-state index in [1.807, 2.05) is 20.8 Å². The molecule has 1 atom stereocenters. The lowest BCUT2D eigenvalue weighted by Crippen LogP contribution is -2.41. The van der Waals surface area contributed by atoms with Crippen molar-refractivity contribution in [3.8, 4) is 0 Å². The second-order valence-electron chi connectivity index (χ2n) is 5.87. The lowest BCUT2D eigenvalue weighted by molar-refractivity contribution is 0.0905. The molecule has 1 aromatic rings. The Balaban J connectivity index is 3.26. The van der Waals surface area contributed by atoms with Crippen LogP contribution in [0.1, 0.15) is 38.1 Å². The van der Waals surface area contributed by atoms with Gasteiger partial charge in [0.15, 0.2) is 5.82 Å². The smallest absolute Gasteiger partial charge is 0.254 e. The van der Waals surface area contributed by atoms with E-state index in [2.05, 4.69) is 21.2 Å². The molecule has 3 N–H and O–H groups in total. The maximum atomic E-state index is 14.2. The van der Waals surface area contributed by atoms with Crippen LogP contribution in [-0.4, -0.2) is 20.4 Å². The predicted molar refractivity (Wildman–Crippen MR) is 81.9 cm³/mol. The van der Waals surface area contributed by atoms with Crippen LogP contribution in [0.15, 0.2) is 21.5 Å². The molecule has 1 rings (SSSR count). The Morgan fingerprint density at radius 1 is 1.38 bits per heavy atom. The number of nitrogens with two attached hydrogens (primary N) is 1. The summed E-state index contributed by atoms with van der Waals surface area (Å²) in [5.74, 6) is -1.85. The number of rotatable bonds is 3. The number of halogens is 2. The SMILES string of the molecule is CC(NC(=O)c1cc(Br)cc(S(N)(=O)=O)c1F)C(C)(C)C. The van der Waals surface area contributed by atoms with Gasteiger partial charge in [-0.25, -0.2) is 17.9 Å². The standard InChI is InChI=1S/C13H18BrFN2O3S/c1-7(13(2,3)4)17-12(18)9-5-8(14)6-10(11(9)15)21(16,19)20/h5-7H,1-4H3,(H,17,18)(H2,16,19,20). The van der Waals surface area contributed by atoms with Crippen LogP contribution < -0.4 is 10.5 Å². The molecule has 0 aliphatic carbocycles. The monoisotopic (exact) mass is 380 g/mol. The summed E-state index contributed by atoms with van der Waals surface area (Å²) >= 11 is 3.05. The van der Waals surface area contributed by atoms with Gasteiger partial charge in [-0.2, -0.15) is 0 Å². The minimum Gasteiger partial charge on any atom is -0.349 e. The van der Waals surface area contributed by atoms with E-state index in [9.17, 15) is 17.6 Å². The molecule has 118 valence electrons. The number of hydrogen-bond donors (Lipinski definition) is 2. The molecule has 0 spiro atoms. The summed E-state index contributed by atoms with van der Waals surface area (Å²) in [4.78, 5) is 11.4. The zero-order chi connectivity index (χ0) is 16.6. The van der Waals surface area contributed by atoms with Crippen molar-refractivity contribution in [3.63, 3.8) is 0 Å². The third-order valence-electron chi connectivity index (χ3n) is 3.20. The van der Waals surface area contributed by atoms with Gasteiger partial charge in [-0.15, -0.1) is 0 Å². The molecule has 0 bridgehead atoms. The van der Waals surface area contributed by atoms with Gasteiger partial charge >= 0.3 is 0 Å². The fraction of sp³-hybridized carbons (Fsp3) is 0.462. The summed E-state index contributed by atoms with van der Waals surface area (Å²) in [5, 5.41) is 7.59. The summed E-state index contributed by atoms with van der Waals surface area (Å²) in [6, 6.07) is 2.00.